The third-order valence-corrected chi connectivity index (χ3v) is 5.46. The van der Waals surface area contributed by atoms with E-state index < -0.39 is 11.6 Å². The molecule has 2 saturated carbocycles. The molecular weight excluding hydrogens is 278 g/mol. The number of benzene rings is 1. The average molecular weight is 304 g/mol. The monoisotopic (exact) mass is 304 g/mol. The molecule has 3 rings (SSSR count). The third-order valence-electron chi connectivity index (χ3n) is 5.46. The van der Waals surface area contributed by atoms with Crippen molar-refractivity contribution in [2.75, 3.05) is 0 Å². The van der Waals surface area contributed by atoms with Gasteiger partial charge in [0, 0.05) is 5.56 Å². The van der Waals surface area contributed by atoms with Crippen LogP contribution in [0.5, 0.6) is 0 Å². The number of hydrogen-bond donors (Lipinski definition) is 0. The van der Waals surface area contributed by atoms with Gasteiger partial charge in [-0.15, -0.1) is 0 Å². The molecule has 2 fully saturated rings. The fraction of sp³-hybridized carbons (Fsp3) is 0.600. The van der Waals surface area contributed by atoms with Gasteiger partial charge in [0.25, 0.3) is 0 Å². The van der Waals surface area contributed by atoms with Crippen molar-refractivity contribution in [3.8, 4) is 0 Å². The van der Waals surface area contributed by atoms with Crippen molar-refractivity contribution >= 4 is 6.08 Å². The predicted octanol–water partition coefficient (Wildman–Crippen LogP) is 6.51. The smallest absolute Gasteiger partial charge is 0.166 e. The molecule has 0 heterocycles. The van der Waals surface area contributed by atoms with Crippen LogP contribution in [-0.2, 0) is 0 Å². The lowest BCUT2D eigenvalue weighted by atomic mass is 9.73. The van der Waals surface area contributed by atoms with Crippen LogP contribution < -0.4 is 0 Å². The Bertz CT molecular complexity index is 501. The highest BCUT2D eigenvalue weighted by Gasteiger charge is 2.26. The van der Waals surface area contributed by atoms with Gasteiger partial charge in [-0.1, -0.05) is 62.3 Å². The van der Waals surface area contributed by atoms with E-state index in [-0.39, 0.29) is 0 Å². The van der Waals surface area contributed by atoms with Gasteiger partial charge in [0.2, 0.25) is 0 Å². The SMILES string of the molecule is Fc1cccc(C=C(C2CCCCC2)C2CCCCC2)c1F. The molecule has 0 nitrogen and oxygen atoms in total. The van der Waals surface area contributed by atoms with Crippen molar-refractivity contribution in [2.24, 2.45) is 11.8 Å². The summed E-state index contributed by atoms with van der Waals surface area (Å²) in [7, 11) is 0. The number of halogens is 2. The highest BCUT2D eigenvalue weighted by atomic mass is 19.2. The topological polar surface area (TPSA) is 0 Å². The van der Waals surface area contributed by atoms with Gasteiger partial charge < -0.3 is 0 Å². The molecule has 1 aromatic carbocycles. The summed E-state index contributed by atoms with van der Waals surface area (Å²) < 4.78 is 27.6. The third kappa shape index (κ3) is 3.59. The van der Waals surface area contributed by atoms with Gasteiger partial charge in [-0.2, -0.15) is 0 Å². The van der Waals surface area contributed by atoms with Crippen LogP contribution in [0.25, 0.3) is 6.08 Å². The van der Waals surface area contributed by atoms with Gasteiger partial charge in [-0.05, 0) is 43.6 Å². The van der Waals surface area contributed by atoms with Crippen molar-refractivity contribution < 1.29 is 8.78 Å². The van der Waals surface area contributed by atoms with Crippen LogP contribution in [0.1, 0.15) is 69.8 Å². The molecule has 0 unspecified atom stereocenters. The number of allylic oxidation sites excluding steroid dienone is 1. The van der Waals surface area contributed by atoms with E-state index in [2.05, 4.69) is 0 Å². The highest BCUT2D eigenvalue weighted by molar-refractivity contribution is 5.55. The fourth-order valence-corrected chi connectivity index (χ4v) is 4.25. The van der Waals surface area contributed by atoms with Gasteiger partial charge in [0.05, 0.1) is 0 Å². The Morgan fingerprint density at radius 2 is 1.36 bits per heavy atom. The van der Waals surface area contributed by atoms with Crippen LogP contribution in [0, 0.1) is 23.5 Å². The van der Waals surface area contributed by atoms with Crippen molar-refractivity contribution in [1.82, 2.24) is 0 Å². The minimum atomic E-state index is -0.736. The van der Waals surface area contributed by atoms with E-state index in [4.69, 9.17) is 0 Å². The zero-order valence-electron chi connectivity index (χ0n) is 13.3. The lowest BCUT2D eigenvalue weighted by Gasteiger charge is -2.32. The molecule has 0 aliphatic heterocycles. The summed E-state index contributed by atoms with van der Waals surface area (Å²) in [5.74, 6) is -0.258. The second-order valence-electron chi connectivity index (χ2n) is 6.96. The van der Waals surface area contributed by atoms with Crippen LogP contribution in [0.2, 0.25) is 0 Å². The highest BCUT2D eigenvalue weighted by Crippen LogP contribution is 2.40. The number of rotatable bonds is 3. The maximum atomic E-state index is 14.1. The number of hydrogen-bond acceptors (Lipinski definition) is 0. The zero-order valence-corrected chi connectivity index (χ0v) is 13.3. The van der Waals surface area contributed by atoms with Crippen molar-refractivity contribution in [3.05, 3.63) is 41.0 Å². The second-order valence-corrected chi connectivity index (χ2v) is 6.96. The molecule has 0 saturated heterocycles. The molecule has 0 radical (unpaired) electrons. The van der Waals surface area contributed by atoms with Crippen molar-refractivity contribution in [1.29, 1.82) is 0 Å². The first kappa shape index (κ1) is 15.7. The van der Waals surface area contributed by atoms with Gasteiger partial charge in [0.1, 0.15) is 0 Å². The summed E-state index contributed by atoms with van der Waals surface area (Å²) in [5, 5.41) is 0. The van der Waals surface area contributed by atoms with Crippen molar-refractivity contribution in [2.45, 2.75) is 64.2 Å². The summed E-state index contributed by atoms with van der Waals surface area (Å²) in [4.78, 5) is 0. The summed E-state index contributed by atoms with van der Waals surface area (Å²) in [6.45, 7) is 0. The van der Waals surface area contributed by atoms with Crippen LogP contribution in [0.4, 0.5) is 8.78 Å². The first-order valence-electron chi connectivity index (χ1n) is 8.91. The summed E-state index contributed by atoms with van der Waals surface area (Å²) in [5.41, 5.74) is 1.84. The Morgan fingerprint density at radius 3 is 1.91 bits per heavy atom. The molecule has 2 heteroatoms. The molecule has 2 aliphatic carbocycles. The molecule has 0 atom stereocenters. The molecule has 0 aromatic heterocycles. The van der Waals surface area contributed by atoms with Gasteiger partial charge in [-0.3, -0.25) is 0 Å². The lowest BCUT2D eigenvalue weighted by Crippen LogP contribution is -2.18. The molecule has 0 N–H and O–H groups in total. The van der Waals surface area contributed by atoms with E-state index in [1.807, 2.05) is 6.08 Å². The largest absolute Gasteiger partial charge is 0.204 e. The molecule has 0 spiro atoms. The van der Waals surface area contributed by atoms with E-state index in [9.17, 15) is 8.78 Å². The first-order chi connectivity index (χ1) is 10.8. The van der Waals surface area contributed by atoms with Crippen LogP contribution in [0.15, 0.2) is 23.8 Å². The van der Waals surface area contributed by atoms with Gasteiger partial charge >= 0.3 is 0 Å². The van der Waals surface area contributed by atoms with Crippen LogP contribution >= 0.6 is 0 Å². The molecule has 1 aromatic rings. The Hall–Kier alpha value is -1.18. The second kappa shape index (κ2) is 7.39. The normalized spacial score (nSPS) is 20.8. The fourth-order valence-electron chi connectivity index (χ4n) is 4.25. The zero-order chi connectivity index (χ0) is 15.4. The van der Waals surface area contributed by atoms with E-state index in [0.717, 1.165) is 0 Å². The van der Waals surface area contributed by atoms with E-state index in [1.54, 1.807) is 12.1 Å². The maximum absolute atomic E-state index is 14.1. The van der Waals surface area contributed by atoms with Crippen LogP contribution in [0.3, 0.4) is 0 Å². The Balaban J connectivity index is 1.92. The molecule has 0 amide bonds. The average Bonchev–Trinajstić information content (AvgIpc) is 2.58. The standard InChI is InChI=1S/C20H26F2/c21-19-13-7-12-17(20(19)22)14-18(15-8-3-1-4-9-15)16-10-5-2-6-11-16/h7,12-16H,1-6,8-11H2. The van der Waals surface area contributed by atoms with E-state index in [0.29, 0.717) is 17.4 Å². The molecule has 2 aliphatic rings. The minimum Gasteiger partial charge on any atom is -0.204 e. The molecule has 22 heavy (non-hydrogen) atoms. The quantitative estimate of drug-likeness (QED) is 0.597. The molecule has 120 valence electrons. The molecular formula is C20H26F2. The maximum Gasteiger partial charge on any atom is 0.166 e. The molecule has 0 bridgehead atoms. The summed E-state index contributed by atoms with van der Waals surface area (Å²) in [6, 6.07) is 4.53. The first-order valence-corrected chi connectivity index (χ1v) is 8.91. The summed E-state index contributed by atoms with van der Waals surface area (Å²) in [6.07, 6.45) is 14.6. The van der Waals surface area contributed by atoms with Crippen molar-refractivity contribution in [3.63, 3.8) is 0 Å². The predicted molar refractivity (Wildman–Crippen MR) is 87.5 cm³/mol. The van der Waals surface area contributed by atoms with Crippen LogP contribution in [-0.4, -0.2) is 0 Å². The van der Waals surface area contributed by atoms with E-state index >= 15 is 0 Å². The van der Waals surface area contributed by atoms with Gasteiger partial charge in [-0.25, -0.2) is 8.78 Å². The lowest BCUT2D eigenvalue weighted by molar-refractivity contribution is 0.328. The van der Waals surface area contributed by atoms with Gasteiger partial charge in [0.15, 0.2) is 11.6 Å². The minimum absolute atomic E-state index is 0.436. The Kier molecular flexibility index (Phi) is 5.28. The Morgan fingerprint density at radius 1 is 0.818 bits per heavy atom. The Labute approximate surface area is 132 Å². The summed E-state index contributed by atoms with van der Waals surface area (Å²) >= 11 is 0. The van der Waals surface area contributed by atoms with E-state index in [1.165, 1.54) is 75.8 Å².